The normalized spacial score (nSPS) is 24.0. The highest BCUT2D eigenvalue weighted by Crippen LogP contribution is 2.21. The summed E-state index contributed by atoms with van der Waals surface area (Å²) >= 11 is 0. The Kier molecular flexibility index (Phi) is 3.19. The molecule has 1 aromatic heterocycles. The Morgan fingerprint density at radius 3 is 2.71 bits per heavy atom. The Bertz CT molecular complexity index is 408. The fourth-order valence-corrected chi connectivity index (χ4v) is 2.42. The summed E-state index contributed by atoms with van der Waals surface area (Å²) in [6.45, 7) is 6.46. The minimum Gasteiger partial charge on any atom is -0.376 e. The summed E-state index contributed by atoms with van der Waals surface area (Å²) in [5.74, 6) is 0.0242. The number of aromatic amines is 1. The van der Waals surface area contributed by atoms with E-state index in [1.807, 2.05) is 27.8 Å². The van der Waals surface area contributed by atoms with E-state index >= 15 is 0 Å². The van der Waals surface area contributed by atoms with Crippen LogP contribution in [0.4, 0.5) is 0 Å². The lowest BCUT2D eigenvalue weighted by atomic mass is 10.1. The number of amides is 1. The summed E-state index contributed by atoms with van der Waals surface area (Å²) in [7, 11) is 1.84. The lowest BCUT2D eigenvalue weighted by Crippen LogP contribution is -2.41. The molecule has 0 radical (unpaired) electrons. The van der Waals surface area contributed by atoms with Gasteiger partial charge in [-0.2, -0.15) is 5.10 Å². The summed E-state index contributed by atoms with van der Waals surface area (Å²) in [6, 6.07) is 0.163. The van der Waals surface area contributed by atoms with Crippen LogP contribution in [0.1, 0.15) is 35.1 Å². The molecule has 5 heteroatoms. The van der Waals surface area contributed by atoms with E-state index in [1.165, 1.54) is 0 Å². The zero-order valence-electron chi connectivity index (χ0n) is 10.8. The van der Waals surface area contributed by atoms with Gasteiger partial charge in [0.15, 0.2) is 0 Å². The third kappa shape index (κ3) is 2.07. The minimum atomic E-state index is 0.0242. The molecule has 0 aromatic carbocycles. The zero-order valence-corrected chi connectivity index (χ0v) is 10.8. The van der Waals surface area contributed by atoms with Gasteiger partial charge in [-0.05, 0) is 27.2 Å². The number of aromatic nitrogens is 2. The molecule has 0 bridgehead atoms. The van der Waals surface area contributed by atoms with Crippen molar-refractivity contribution in [1.82, 2.24) is 15.1 Å². The molecule has 1 amide bonds. The maximum atomic E-state index is 12.4. The van der Waals surface area contributed by atoms with E-state index in [1.54, 1.807) is 4.90 Å². The highest BCUT2D eigenvalue weighted by Gasteiger charge is 2.32. The second-order valence-electron chi connectivity index (χ2n) is 4.66. The molecule has 17 heavy (non-hydrogen) atoms. The number of hydrogen-bond acceptors (Lipinski definition) is 3. The Balaban J connectivity index is 2.20. The molecule has 2 unspecified atom stereocenters. The fourth-order valence-electron chi connectivity index (χ4n) is 2.42. The summed E-state index contributed by atoms with van der Waals surface area (Å²) in [6.07, 6.45) is 1.01. The van der Waals surface area contributed by atoms with Crippen LogP contribution in [0.15, 0.2) is 0 Å². The average molecular weight is 237 g/mol. The van der Waals surface area contributed by atoms with Crippen molar-refractivity contribution in [2.24, 2.45) is 0 Å². The molecular weight excluding hydrogens is 218 g/mol. The third-order valence-corrected chi connectivity index (χ3v) is 3.50. The number of H-pyrrole nitrogens is 1. The molecule has 94 valence electrons. The number of rotatable bonds is 2. The van der Waals surface area contributed by atoms with E-state index in [4.69, 9.17) is 4.74 Å². The van der Waals surface area contributed by atoms with Crippen LogP contribution in [0.2, 0.25) is 0 Å². The molecule has 1 fully saturated rings. The molecule has 0 spiro atoms. The fraction of sp³-hybridized carbons (Fsp3) is 0.667. The van der Waals surface area contributed by atoms with E-state index in [2.05, 4.69) is 10.2 Å². The molecule has 0 aliphatic carbocycles. The monoisotopic (exact) mass is 237 g/mol. The second-order valence-corrected chi connectivity index (χ2v) is 4.66. The SMILES string of the molecule is Cc1n[nH]c(C)c1C(=O)N(C)C1CCOC1C. The van der Waals surface area contributed by atoms with Crippen LogP contribution in [0, 0.1) is 13.8 Å². The number of carbonyl (C=O) groups excluding carboxylic acids is 1. The van der Waals surface area contributed by atoms with E-state index in [0.29, 0.717) is 5.56 Å². The lowest BCUT2D eigenvalue weighted by molar-refractivity contribution is 0.0573. The van der Waals surface area contributed by atoms with Crippen molar-refractivity contribution in [3.8, 4) is 0 Å². The van der Waals surface area contributed by atoms with Gasteiger partial charge >= 0.3 is 0 Å². The van der Waals surface area contributed by atoms with Gasteiger partial charge in [-0.15, -0.1) is 0 Å². The average Bonchev–Trinajstić information content (AvgIpc) is 2.84. The van der Waals surface area contributed by atoms with Gasteiger partial charge in [0.25, 0.3) is 5.91 Å². The third-order valence-electron chi connectivity index (χ3n) is 3.50. The van der Waals surface area contributed by atoms with Crippen LogP contribution in [0.25, 0.3) is 0 Å². The van der Waals surface area contributed by atoms with Crippen molar-refractivity contribution in [2.45, 2.75) is 39.3 Å². The first kappa shape index (κ1) is 12.1. The summed E-state index contributed by atoms with van der Waals surface area (Å²) in [4.78, 5) is 14.2. The summed E-state index contributed by atoms with van der Waals surface area (Å²) < 4.78 is 5.50. The molecule has 0 saturated carbocycles. The predicted octanol–water partition coefficient (Wildman–Crippen LogP) is 1.28. The van der Waals surface area contributed by atoms with Crippen molar-refractivity contribution < 1.29 is 9.53 Å². The molecule has 1 aliphatic heterocycles. The van der Waals surface area contributed by atoms with Crippen LogP contribution in [0.5, 0.6) is 0 Å². The number of carbonyl (C=O) groups is 1. The quantitative estimate of drug-likeness (QED) is 0.842. The largest absolute Gasteiger partial charge is 0.376 e. The topological polar surface area (TPSA) is 58.2 Å². The zero-order chi connectivity index (χ0) is 12.6. The van der Waals surface area contributed by atoms with Gasteiger partial charge in [0.05, 0.1) is 23.4 Å². The summed E-state index contributed by atoms with van der Waals surface area (Å²) in [5, 5.41) is 6.91. The maximum absolute atomic E-state index is 12.4. The van der Waals surface area contributed by atoms with Crippen LogP contribution in [-0.4, -0.2) is 46.8 Å². The van der Waals surface area contributed by atoms with Crippen LogP contribution in [-0.2, 0) is 4.74 Å². The molecule has 1 aliphatic rings. The number of likely N-dealkylation sites (N-methyl/N-ethyl adjacent to an activating group) is 1. The van der Waals surface area contributed by atoms with Gasteiger partial charge in [-0.25, -0.2) is 0 Å². The highest BCUT2D eigenvalue weighted by molar-refractivity contribution is 5.96. The van der Waals surface area contributed by atoms with Gasteiger partial charge in [-0.3, -0.25) is 9.89 Å². The molecule has 1 saturated heterocycles. The van der Waals surface area contributed by atoms with Crippen LogP contribution >= 0.6 is 0 Å². The number of hydrogen-bond donors (Lipinski definition) is 1. The van der Waals surface area contributed by atoms with Crippen molar-refractivity contribution in [1.29, 1.82) is 0 Å². The Hall–Kier alpha value is -1.36. The smallest absolute Gasteiger partial charge is 0.257 e. The van der Waals surface area contributed by atoms with Crippen LogP contribution in [0.3, 0.4) is 0 Å². The van der Waals surface area contributed by atoms with Crippen molar-refractivity contribution in [2.75, 3.05) is 13.7 Å². The second kappa shape index (κ2) is 4.49. The minimum absolute atomic E-state index is 0.0242. The van der Waals surface area contributed by atoms with E-state index in [-0.39, 0.29) is 18.1 Å². The Morgan fingerprint density at radius 2 is 2.24 bits per heavy atom. The van der Waals surface area contributed by atoms with E-state index in [0.717, 1.165) is 24.4 Å². The Morgan fingerprint density at radius 1 is 1.53 bits per heavy atom. The molecule has 2 atom stereocenters. The standard InChI is InChI=1S/C12H19N3O2/c1-7-11(8(2)14-13-7)12(16)15(4)10-5-6-17-9(10)3/h9-10H,5-6H2,1-4H3,(H,13,14). The predicted molar refractivity (Wildman–Crippen MR) is 64.0 cm³/mol. The highest BCUT2D eigenvalue weighted by atomic mass is 16.5. The van der Waals surface area contributed by atoms with Gasteiger partial charge < -0.3 is 9.64 Å². The molecule has 1 aromatic rings. The van der Waals surface area contributed by atoms with Crippen molar-refractivity contribution in [3.05, 3.63) is 17.0 Å². The number of ether oxygens (including phenoxy) is 1. The molecule has 5 nitrogen and oxygen atoms in total. The van der Waals surface area contributed by atoms with Gasteiger partial charge in [0.1, 0.15) is 0 Å². The molecular formula is C12H19N3O2. The van der Waals surface area contributed by atoms with Gasteiger partial charge in [0, 0.05) is 19.3 Å². The Labute approximate surface area is 101 Å². The van der Waals surface area contributed by atoms with E-state index in [9.17, 15) is 4.79 Å². The molecule has 2 heterocycles. The first-order valence-corrected chi connectivity index (χ1v) is 5.92. The number of aryl methyl sites for hydroxylation is 2. The van der Waals surface area contributed by atoms with E-state index < -0.39 is 0 Å². The lowest BCUT2D eigenvalue weighted by Gasteiger charge is -2.26. The first-order chi connectivity index (χ1) is 8.02. The number of nitrogens with one attached hydrogen (secondary N) is 1. The maximum Gasteiger partial charge on any atom is 0.257 e. The van der Waals surface area contributed by atoms with Crippen molar-refractivity contribution in [3.63, 3.8) is 0 Å². The first-order valence-electron chi connectivity index (χ1n) is 5.92. The summed E-state index contributed by atoms with van der Waals surface area (Å²) in [5.41, 5.74) is 2.27. The van der Waals surface area contributed by atoms with Crippen LogP contribution < -0.4 is 0 Å². The van der Waals surface area contributed by atoms with Gasteiger partial charge in [0.2, 0.25) is 0 Å². The van der Waals surface area contributed by atoms with Gasteiger partial charge in [-0.1, -0.05) is 0 Å². The van der Waals surface area contributed by atoms with Crippen molar-refractivity contribution >= 4 is 5.91 Å². The molecule has 1 N–H and O–H groups in total. The number of nitrogens with zero attached hydrogens (tertiary/aromatic N) is 2. The molecule has 2 rings (SSSR count).